The van der Waals surface area contributed by atoms with Crippen LogP contribution in [0, 0.1) is 5.82 Å². The fourth-order valence-electron chi connectivity index (χ4n) is 2.44. The molecule has 0 saturated heterocycles. The molecule has 0 saturated carbocycles. The van der Waals surface area contributed by atoms with Gasteiger partial charge in [-0.05, 0) is 37.8 Å². The molecule has 1 heterocycles. The Morgan fingerprint density at radius 1 is 1.18 bits per heavy atom. The van der Waals surface area contributed by atoms with Gasteiger partial charge in [0.25, 0.3) is 5.91 Å². The summed E-state index contributed by atoms with van der Waals surface area (Å²) in [6, 6.07) is 2.27. The Bertz CT molecular complexity index is 709. The van der Waals surface area contributed by atoms with Crippen molar-refractivity contribution in [3.8, 4) is 0 Å². The first-order valence-electron chi connectivity index (χ1n) is 6.99. The van der Waals surface area contributed by atoms with Crippen LogP contribution >= 0.6 is 34.5 Å². The summed E-state index contributed by atoms with van der Waals surface area (Å²) < 4.78 is 13.5. The first-order chi connectivity index (χ1) is 10.5. The molecule has 0 aliphatic heterocycles. The van der Waals surface area contributed by atoms with Crippen LogP contribution in [-0.4, -0.2) is 10.9 Å². The molecule has 0 spiro atoms. The van der Waals surface area contributed by atoms with Crippen molar-refractivity contribution in [3.05, 3.63) is 44.1 Å². The van der Waals surface area contributed by atoms with Crippen LogP contribution in [0.2, 0.25) is 10.0 Å². The minimum atomic E-state index is -0.675. The number of benzene rings is 1. The number of fused-ring (bicyclic) bond motifs is 1. The van der Waals surface area contributed by atoms with Crippen molar-refractivity contribution < 1.29 is 9.18 Å². The first kappa shape index (κ1) is 15.7. The molecule has 3 nitrogen and oxygen atoms in total. The summed E-state index contributed by atoms with van der Waals surface area (Å²) in [5, 5.41) is 3.23. The third-order valence-electron chi connectivity index (χ3n) is 3.57. The number of carbonyl (C=O) groups excluding carboxylic acids is 1. The van der Waals surface area contributed by atoms with Crippen LogP contribution in [0.25, 0.3) is 0 Å². The lowest BCUT2D eigenvalue weighted by molar-refractivity contribution is 0.102. The fraction of sp³-hybridized carbons (Fsp3) is 0.333. The number of nitrogens with one attached hydrogen (secondary N) is 1. The lowest BCUT2D eigenvalue weighted by Crippen LogP contribution is -2.12. The van der Waals surface area contributed by atoms with Gasteiger partial charge in [0.1, 0.15) is 5.82 Å². The zero-order valence-corrected chi connectivity index (χ0v) is 13.9. The van der Waals surface area contributed by atoms with Gasteiger partial charge in [-0.1, -0.05) is 29.6 Å². The smallest absolute Gasteiger partial charge is 0.259 e. The van der Waals surface area contributed by atoms with Crippen molar-refractivity contribution in [1.29, 1.82) is 0 Å². The van der Waals surface area contributed by atoms with Crippen LogP contribution in [0.1, 0.15) is 40.2 Å². The van der Waals surface area contributed by atoms with Crippen molar-refractivity contribution in [2.24, 2.45) is 0 Å². The van der Waals surface area contributed by atoms with E-state index in [4.69, 9.17) is 23.2 Å². The van der Waals surface area contributed by atoms with E-state index in [2.05, 4.69) is 10.3 Å². The number of nitrogens with zero attached hydrogens (tertiary/aromatic N) is 1. The average Bonchev–Trinajstić information content (AvgIpc) is 2.71. The number of hydrogen-bond donors (Lipinski definition) is 1. The summed E-state index contributed by atoms with van der Waals surface area (Å²) in [6.07, 6.45) is 5.43. The summed E-state index contributed by atoms with van der Waals surface area (Å²) in [7, 11) is 0. The highest BCUT2D eigenvalue weighted by Gasteiger charge is 2.18. The van der Waals surface area contributed by atoms with Gasteiger partial charge >= 0.3 is 0 Å². The average molecular weight is 359 g/mol. The van der Waals surface area contributed by atoms with Crippen LogP contribution in [0.4, 0.5) is 9.52 Å². The fourth-order valence-corrected chi connectivity index (χ4v) is 3.96. The second-order valence-corrected chi connectivity index (χ2v) is 7.05. The maximum Gasteiger partial charge on any atom is 0.259 e. The number of aryl methyl sites for hydroxylation is 2. The topological polar surface area (TPSA) is 42.0 Å². The van der Waals surface area contributed by atoms with E-state index in [9.17, 15) is 9.18 Å². The molecular weight excluding hydrogens is 346 g/mol. The van der Waals surface area contributed by atoms with Crippen LogP contribution in [0.15, 0.2) is 12.1 Å². The van der Waals surface area contributed by atoms with Gasteiger partial charge in [-0.2, -0.15) is 0 Å². The van der Waals surface area contributed by atoms with E-state index >= 15 is 0 Å². The summed E-state index contributed by atoms with van der Waals surface area (Å²) >= 11 is 13.1. The molecule has 0 bridgehead atoms. The van der Waals surface area contributed by atoms with Crippen LogP contribution in [0.3, 0.4) is 0 Å². The molecule has 116 valence electrons. The van der Waals surface area contributed by atoms with Crippen molar-refractivity contribution in [3.63, 3.8) is 0 Å². The van der Waals surface area contributed by atoms with Crippen LogP contribution in [-0.2, 0) is 12.8 Å². The van der Waals surface area contributed by atoms with E-state index in [0.29, 0.717) is 5.13 Å². The number of hydrogen-bond acceptors (Lipinski definition) is 3. The molecule has 0 radical (unpaired) electrons. The van der Waals surface area contributed by atoms with E-state index < -0.39 is 11.7 Å². The Morgan fingerprint density at radius 3 is 2.77 bits per heavy atom. The highest BCUT2D eigenvalue weighted by Crippen LogP contribution is 2.30. The van der Waals surface area contributed by atoms with E-state index in [0.717, 1.165) is 37.4 Å². The third-order valence-corrected chi connectivity index (χ3v) is 5.25. The van der Waals surface area contributed by atoms with Gasteiger partial charge in [0.15, 0.2) is 5.13 Å². The summed E-state index contributed by atoms with van der Waals surface area (Å²) in [5.41, 5.74) is 1.11. The molecule has 0 fully saturated rings. The van der Waals surface area contributed by atoms with Gasteiger partial charge in [-0.3, -0.25) is 10.1 Å². The zero-order valence-electron chi connectivity index (χ0n) is 11.6. The Hall–Kier alpha value is -1.17. The van der Waals surface area contributed by atoms with Gasteiger partial charge < -0.3 is 0 Å². The monoisotopic (exact) mass is 358 g/mol. The Balaban J connectivity index is 1.81. The van der Waals surface area contributed by atoms with Gasteiger partial charge in [-0.15, -0.1) is 11.3 Å². The van der Waals surface area contributed by atoms with Crippen molar-refractivity contribution in [2.45, 2.75) is 32.1 Å². The number of amides is 1. The molecule has 7 heteroatoms. The largest absolute Gasteiger partial charge is 0.298 e. The normalized spacial score (nSPS) is 14.3. The zero-order chi connectivity index (χ0) is 15.7. The lowest BCUT2D eigenvalue weighted by Gasteiger charge is -2.05. The van der Waals surface area contributed by atoms with Crippen molar-refractivity contribution >= 4 is 45.6 Å². The molecule has 0 unspecified atom stereocenters. The number of carbonyl (C=O) groups is 1. The molecule has 1 N–H and O–H groups in total. The Kier molecular flexibility index (Phi) is 4.66. The number of rotatable bonds is 2. The second kappa shape index (κ2) is 6.52. The molecule has 1 aromatic carbocycles. The highest BCUT2D eigenvalue weighted by atomic mass is 35.5. The minimum absolute atomic E-state index is 0.0500. The predicted octanol–water partition coefficient (Wildman–Crippen LogP) is 5.11. The quantitative estimate of drug-likeness (QED) is 0.598. The molecule has 2 aromatic rings. The number of thiazole rings is 1. The number of halogens is 3. The Labute approximate surface area is 141 Å². The van der Waals surface area contributed by atoms with Gasteiger partial charge in [0, 0.05) is 4.88 Å². The SMILES string of the molecule is O=C(Nc1nc2c(s1)CCCCC2)c1cc(F)c(Cl)cc1Cl. The van der Waals surface area contributed by atoms with Gasteiger partial charge in [0.05, 0.1) is 21.3 Å². The van der Waals surface area contributed by atoms with Crippen LogP contribution < -0.4 is 5.32 Å². The van der Waals surface area contributed by atoms with Crippen molar-refractivity contribution in [2.75, 3.05) is 5.32 Å². The molecule has 1 amide bonds. The third kappa shape index (κ3) is 3.26. The molecule has 0 atom stereocenters. The van der Waals surface area contributed by atoms with E-state index in [-0.39, 0.29) is 15.6 Å². The molecule has 1 aromatic heterocycles. The van der Waals surface area contributed by atoms with E-state index in [1.165, 1.54) is 28.7 Å². The Morgan fingerprint density at radius 2 is 1.95 bits per heavy atom. The molecule has 22 heavy (non-hydrogen) atoms. The van der Waals surface area contributed by atoms with Gasteiger partial charge in [-0.25, -0.2) is 9.37 Å². The van der Waals surface area contributed by atoms with Crippen molar-refractivity contribution in [1.82, 2.24) is 4.98 Å². The lowest BCUT2D eigenvalue weighted by atomic mass is 10.2. The second-order valence-electron chi connectivity index (χ2n) is 5.15. The summed E-state index contributed by atoms with van der Waals surface area (Å²) in [4.78, 5) is 17.9. The summed E-state index contributed by atoms with van der Waals surface area (Å²) in [6.45, 7) is 0. The van der Waals surface area contributed by atoms with E-state index in [1.807, 2.05) is 0 Å². The first-order valence-corrected chi connectivity index (χ1v) is 8.56. The molecular formula is C15H13Cl2FN2OS. The van der Waals surface area contributed by atoms with Crippen LogP contribution in [0.5, 0.6) is 0 Å². The maximum atomic E-state index is 13.5. The molecule has 1 aliphatic carbocycles. The standard InChI is InChI=1S/C15H13Cl2FN2OS/c16-9-7-10(17)11(18)6-8(9)14(21)20-15-19-12-4-2-1-3-5-13(12)22-15/h6-7H,1-5H2,(H,19,20,21). The van der Waals surface area contributed by atoms with Gasteiger partial charge in [0.2, 0.25) is 0 Å². The minimum Gasteiger partial charge on any atom is -0.298 e. The highest BCUT2D eigenvalue weighted by molar-refractivity contribution is 7.15. The van der Waals surface area contributed by atoms with E-state index in [1.54, 1.807) is 0 Å². The maximum absolute atomic E-state index is 13.5. The predicted molar refractivity (Wildman–Crippen MR) is 87.7 cm³/mol. The molecule has 1 aliphatic rings. The molecule has 3 rings (SSSR count). The summed E-state index contributed by atoms with van der Waals surface area (Å²) in [5.74, 6) is -1.16. The number of aromatic nitrogens is 1. The number of anilines is 1.